The van der Waals surface area contributed by atoms with Crippen LogP contribution in [0.5, 0.6) is 0 Å². The molecule has 1 aliphatic rings. The molecule has 1 fully saturated rings. The SMILES string of the molecule is NC(=O)CC(=O)NC1CCOCC1. The smallest absolute Gasteiger partial charge is 0.229 e. The highest BCUT2D eigenvalue weighted by Crippen LogP contribution is 2.05. The fraction of sp³-hybridized carbons (Fsp3) is 0.750. The van der Waals surface area contributed by atoms with Crippen molar-refractivity contribution in [1.29, 1.82) is 0 Å². The molecule has 0 atom stereocenters. The molecule has 1 heterocycles. The molecule has 1 saturated heterocycles. The highest BCUT2D eigenvalue weighted by Gasteiger charge is 2.16. The number of carbonyl (C=O) groups is 2. The Morgan fingerprint density at radius 3 is 2.54 bits per heavy atom. The Labute approximate surface area is 76.6 Å². The van der Waals surface area contributed by atoms with Crippen LogP contribution in [0.3, 0.4) is 0 Å². The zero-order valence-corrected chi connectivity index (χ0v) is 7.41. The van der Waals surface area contributed by atoms with Gasteiger partial charge in [-0.2, -0.15) is 0 Å². The molecule has 13 heavy (non-hydrogen) atoms. The van der Waals surface area contributed by atoms with Gasteiger partial charge in [-0.25, -0.2) is 0 Å². The Morgan fingerprint density at radius 2 is 2.00 bits per heavy atom. The molecule has 5 nitrogen and oxygen atoms in total. The lowest BCUT2D eigenvalue weighted by Crippen LogP contribution is -2.40. The second-order valence-electron chi connectivity index (χ2n) is 3.10. The Morgan fingerprint density at radius 1 is 1.38 bits per heavy atom. The van der Waals surface area contributed by atoms with Gasteiger partial charge < -0.3 is 15.8 Å². The molecule has 1 aliphatic heterocycles. The van der Waals surface area contributed by atoms with Crippen LogP contribution in [0.2, 0.25) is 0 Å². The summed E-state index contributed by atoms with van der Waals surface area (Å²) in [7, 11) is 0. The molecule has 74 valence electrons. The third kappa shape index (κ3) is 3.89. The summed E-state index contributed by atoms with van der Waals surface area (Å²) < 4.78 is 5.12. The summed E-state index contributed by atoms with van der Waals surface area (Å²) in [5.74, 6) is -0.885. The maximum absolute atomic E-state index is 11.1. The molecule has 0 aliphatic carbocycles. The average Bonchev–Trinajstić information content (AvgIpc) is 2.04. The summed E-state index contributed by atoms with van der Waals surface area (Å²) in [6.45, 7) is 1.34. The molecule has 0 radical (unpaired) electrons. The second kappa shape index (κ2) is 4.81. The second-order valence-corrected chi connectivity index (χ2v) is 3.10. The molecular weight excluding hydrogens is 172 g/mol. The van der Waals surface area contributed by atoms with Gasteiger partial charge in [0.05, 0.1) is 0 Å². The zero-order valence-electron chi connectivity index (χ0n) is 7.41. The molecule has 2 amide bonds. The van der Waals surface area contributed by atoms with Gasteiger partial charge in [-0.1, -0.05) is 0 Å². The van der Waals surface area contributed by atoms with E-state index >= 15 is 0 Å². The van der Waals surface area contributed by atoms with Crippen molar-refractivity contribution in [2.45, 2.75) is 25.3 Å². The molecule has 0 unspecified atom stereocenters. The van der Waals surface area contributed by atoms with Crippen molar-refractivity contribution in [2.75, 3.05) is 13.2 Å². The van der Waals surface area contributed by atoms with Gasteiger partial charge in [0.1, 0.15) is 6.42 Å². The first-order valence-corrected chi connectivity index (χ1v) is 4.34. The van der Waals surface area contributed by atoms with Gasteiger partial charge in [0.25, 0.3) is 0 Å². The van der Waals surface area contributed by atoms with E-state index in [0.29, 0.717) is 13.2 Å². The molecule has 5 heteroatoms. The van der Waals surface area contributed by atoms with Crippen LogP contribution in [0, 0.1) is 0 Å². The third-order valence-corrected chi connectivity index (χ3v) is 1.92. The number of amides is 2. The van der Waals surface area contributed by atoms with Gasteiger partial charge in [0.2, 0.25) is 11.8 Å². The lowest BCUT2D eigenvalue weighted by molar-refractivity contribution is -0.128. The third-order valence-electron chi connectivity index (χ3n) is 1.92. The summed E-state index contributed by atoms with van der Waals surface area (Å²) in [6.07, 6.45) is 1.40. The summed E-state index contributed by atoms with van der Waals surface area (Å²) in [6, 6.07) is 0.139. The Kier molecular flexibility index (Phi) is 3.70. The van der Waals surface area contributed by atoms with Gasteiger partial charge in [0.15, 0.2) is 0 Å². The molecule has 1 rings (SSSR count). The fourth-order valence-corrected chi connectivity index (χ4v) is 1.28. The average molecular weight is 186 g/mol. The maximum atomic E-state index is 11.1. The summed E-state index contributed by atoms with van der Waals surface area (Å²) >= 11 is 0. The minimum atomic E-state index is -0.593. The molecule has 3 N–H and O–H groups in total. The van der Waals surface area contributed by atoms with E-state index in [1.165, 1.54) is 0 Å². The van der Waals surface area contributed by atoms with E-state index in [2.05, 4.69) is 5.32 Å². The lowest BCUT2D eigenvalue weighted by atomic mass is 10.1. The number of nitrogens with one attached hydrogen (secondary N) is 1. The van der Waals surface area contributed by atoms with E-state index in [9.17, 15) is 9.59 Å². The van der Waals surface area contributed by atoms with E-state index in [-0.39, 0.29) is 18.4 Å². The highest BCUT2D eigenvalue weighted by molar-refractivity contribution is 5.96. The minimum Gasteiger partial charge on any atom is -0.381 e. The molecule has 0 saturated carbocycles. The summed E-state index contributed by atoms with van der Waals surface area (Å²) in [5, 5.41) is 2.73. The zero-order chi connectivity index (χ0) is 9.68. The Balaban J connectivity index is 2.22. The van der Waals surface area contributed by atoms with Crippen LogP contribution in [0.25, 0.3) is 0 Å². The first-order chi connectivity index (χ1) is 6.18. The van der Waals surface area contributed by atoms with Crippen LogP contribution >= 0.6 is 0 Å². The standard InChI is InChI=1S/C8H14N2O3/c9-7(11)5-8(12)10-6-1-3-13-4-2-6/h6H,1-5H2,(H2,9,11)(H,10,12). The number of ether oxygens (including phenoxy) is 1. The summed E-state index contributed by atoms with van der Waals surface area (Å²) in [4.78, 5) is 21.5. The van der Waals surface area contributed by atoms with Crippen molar-refractivity contribution in [1.82, 2.24) is 5.32 Å². The normalized spacial score (nSPS) is 18.2. The van der Waals surface area contributed by atoms with Gasteiger partial charge in [-0.05, 0) is 12.8 Å². The molecule has 0 aromatic carbocycles. The lowest BCUT2D eigenvalue weighted by Gasteiger charge is -2.22. The van der Waals surface area contributed by atoms with E-state index in [4.69, 9.17) is 10.5 Å². The van der Waals surface area contributed by atoms with Crippen molar-refractivity contribution in [3.8, 4) is 0 Å². The summed E-state index contributed by atoms with van der Waals surface area (Å²) in [5.41, 5.74) is 4.87. The van der Waals surface area contributed by atoms with E-state index in [1.54, 1.807) is 0 Å². The number of rotatable bonds is 3. The molecule has 0 aromatic heterocycles. The molecule has 0 spiro atoms. The van der Waals surface area contributed by atoms with Crippen LogP contribution in [0.4, 0.5) is 0 Å². The Bertz CT molecular complexity index is 200. The highest BCUT2D eigenvalue weighted by atomic mass is 16.5. The van der Waals surface area contributed by atoms with Crippen molar-refractivity contribution in [3.63, 3.8) is 0 Å². The monoisotopic (exact) mass is 186 g/mol. The number of hydrogen-bond donors (Lipinski definition) is 2. The predicted molar refractivity (Wildman–Crippen MR) is 45.8 cm³/mol. The Hall–Kier alpha value is -1.10. The quantitative estimate of drug-likeness (QED) is 0.564. The van der Waals surface area contributed by atoms with E-state index in [1.807, 2.05) is 0 Å². The van der Waals surface area contributed by atoms with Crippen LogP contribution < -0.4 is 11.1 Å². The van der Waals surface area contributed by atoms with Crippen molar-refractivity contribution in [3.05, 3.63) is 0 Å². The van der Waals surface area contributed by atoms with Gasteiger partial charge in [-0.3, -0.25) is 9.59 Å². The van der Waals surface area contributed by atoms with E-state index in [0.717, 1.165) is 12.8 Å². The molecular formula is C8H14N2O3. The number of carbonyl (C=O) groups excluding carboxylic acids is 2. The van der Waals surface area contributed by atoms with Gasteiger partial charge >= 0.3 is 0 Å². The first kappa shape index (κ1) is 9.98. The number of hydrogen-bond acceptors (Lipinski definition) is 3. The van der Waals surface area contributed by atoms with Crippen LogP contribution in [-0.4, -0.2) is 31.1 Å². The predicted octanol–water partition coefficient (Wildman–Crippen LogP) is -0.843. The van der Waals surface area contributed by atoms with Crippen LogP contribution in [0.1, 0.15) is 19.3 Å². The number of primary amides is 1. The van der Waals surface area contributed by atoms with Crippen LogP contribution in [-0.2, 0) is 14.3 Å². The first-order valence-electron chi connectivity index (χ1n) is 4.34. The van der Waals surface area contributed by atoms with Gasteiger partial charge in [-0.15, -0.1) is 0 Å². The van der Waals surface area contributed by atoms with Crippen molar-refractivity contribution >= 4 is 11.8 Å². The van der Waals surface area contributed by atoms with Crippen LogP contribution in [0.15, 0.2) is 0 Å². The van der Waals surface area contributed by atoms with E-state index < -0.39 is 5.91 Å². The topological polar surface area (TPSA) is 81.4 Å². The molecule has 0 aromatic rings. The van der Waals surface area contributed by atoms with Crippen molar-refractivity contribution < 1.29 is 14.3 Å². The van der Waals surface area contributed by atoms with Crippen molar-refractivity contribution in [2.24, 2.45) is 5.73 Å². The number of nitrogens with two attached hydrogens (primary N) is 1. The minimum absolute atomic E-state index is 0.139. The molecule has 0 bridgehead atoms. The van der Waals surface area contributed by atoms with Gasteiger partial charge in [0, 0.05) is 19.3 Å². The largest absolute Gasteiger partial charge is 0.381 e. The maximum Gasteiger partial charge on any atom is 0.229 e. The fourth-order valence-electron chi connectivity index (χ4n) is 1.28.